The smallest absolute Gasteiger partial charge is 0.319 e. The number of carbonyl (C=O) groups excluding carboxylic acids is 1. The number of anilines is 1. The third kappa shape index (κ3) is 4.63. The van der Waals surface area contributed by atoms with Crippen molar-refractivity contribution in [3.63, 3.8) is 0 Å². The highest BCUT2D eigenvalue weighted by molar-refractivity contribution is 5.89. The van der Waals surface area contributed by atoms with E-state index in [2.05, 4.69) is 10.6 Å². The maximum absolute atomic E-state index is 12.5. The summed E-state index contributed by atoms with van der Waals surface area (Å²) in [6.45, 7) is 2.55. The van der Waals surface area contributed by atoms with Crippen LogP contribution in [-0.2, 0) is 0 Å². The van der Waals surface area contributed by atoms with Gasteiger partial charge in [0.25, 0.3) is 0 Å². The van der Waals surface area contributed by atoms with Gasteiger partial charge < -0.3 is 15.4 Å². The van der Waals surface area contributed by atoms with Crippen LogP contribution in [-0.4, -0.2) is 12.6 Å². The fourth-order valence-electron chi connectivity index (χ4n) is 2.75. The van der Waals surface area contributed by atoms with Crippen LogP contribution in [0.25, 0.3) is 0 Å². The molecule has 0 radical (unpaired) electrons. The van der Waals surface area contributed by atoms with Crippen LogP contribution >= 0.6 is 0 Å². The maximum Gasteiger partial charge on any atom is 0.319 e. The molecular formula is C22H22N2O2. The quantitative estimate of drug-likeness (QED) is 0.660. The Morgan fingerprint density at radius 2 is 1.38 bits per heavy atom. The van der Waals surface area contributed by atoms with Crippen molar-refractivity contribution >= 4 is 11.7 Å². The number of hydrogen-bond donors (Lipinski definition) is 2. The Balaban J connectivity index is 1.73. The highest BCUT2D eigenvalue weighted by Crippen LogP contribution is 2.22. The number of ether oxygens (including phenoxy) is 1. The number of rotatable bonds is 6. The van der Waals surface area contributed by atoms with Crippen LogP contribution in [0.15, 0.2) is 84.9 Å². The predicted molar refractivity (Wildman–Crippen MR) is 104 cm³/mol. The van der Waals surface area contributed by atoms with E-state index in [-0.39, 0.29) is 12.1 Å². The Morgan fingerprint density at radius 3 is 1.88 bits per heavy atom. The molecule has 0 saturated heterocycles. The molecule has 0 saturated carbocycles. The second kappa shape index (κ2) is 8.72. The summed E-state index contributed by atoms with van der Waals surface area (Å²) >= 11 is 0. The molecule has 132 valence electrons. The molecule has 3 rings (SSSR count). The Kier molecular flexibility index (Phi) is 5.88. The van der Waals surface area contributed by atoms with Gasteiger partial charge in [0.1, 0.15) is 5.75 Å². The molecule has 0 aliphatic heterocycles. The van der Waals surface area contributed by atoms with E-state index in [1.165, 1.54) is 0 Å². The lowest BCUT2D eigenvalue weighted by Crippen LogP contribution is -2.33. The van der Waals surface area contributed by atoms with Gasteiger partial charge in [-0.25, -0.2) is 4.79 Å². The fraction of sp³-hybridized carbons (Fsp3) is 0.136. The minimum Gasteiger partial charge on any atom is -0.494 e. The Hall–Kier alpha value is -3.27. The highest BCUT2D eigenvalue weighted by Gasteiger charge is 2.16. The first-order chi connectivity index (χ1) is 12.8. The van der Waals surface area contributed by atoms with Crippen molar-refractivity contribution < 1.29 is 9.53 Å². The van der Waals surface area contributed by atoms with Crippen molar-refractivity contribution in [3.8, 4) is 5.75 Å². The molecular weight excluding hydrogens is 324 g/mol. The van der Waals surface area contributed by atoms with E-state index in [9.17, 15) is 4.79 Å². The summed E-state index contributed by atoms with van der Waals surface area (Å²) in [5, 5.41) is 5.93. The summed E-state index contributed by atoms with van der Waals surface area (Å²) in [5.74, 6) is 0.782. The zero-order chi connectivity index (χ0) is 18.2. The minimum atomic E-state index is -0.258. The van der Waals surface area contributed by atoms with Crippen LogP contribution in [0.1, 0.15) is 24.1 Å². The van der Waals surface area contributed by atoms with Crippen LogP contribution in [0.3, 0.4) is 0 Å². The topological polar surface area (TPSA) is 50.4 Å². The fourth-order valence-corrected chi connectivity index (χ4v) is 2.75. The lowest BCUT2D eigenvalue weighted by atomic mass is 9.99. The first kappa shape index (κ1) is 17.5. The van der Waals surface area contributed by atoms with Crippen LogP contribution < -0.4 is 15.4 Å². The summed E-state index contributed by atoms with van der Waals surface area (Å²) in [7, 11) is 0. The number of urea groups is 1. The van der Waals surface area contributed by atoms with Crippen LogP contribution in [0, 0.1) is 0 Å². The standard InChI is InChI=1S/C22H22N2O2/c1-2-26-20-15-13-19(14-16-20)23-22(25)24-21(17-9-5-3-6-10-17)18-11-7-4-8-12-18/h3-16,21H,2H2,1H3,(H2,23,24,25). The number of benzene rings is 3. The molecule has 4 nitrogen and oxygen atoms in total. The van der Waals surface area contributed by atoms with Gasteiger partial charge in [-0.2, -0.15) is 0 Å². The summed E-state index contributed by atoms with van der Waals surface area (Å²) < 4.78 is 5.42. The maximum atomic E-state index is 12.5. The van der Waals surface area contributed by atoms with E-state index in [1.54, 1.807) is 0 Å². The largest absolute Gasteiger partial charge is 0.494 e. The van der Waals surface area contributed by atoms with Crippen molar-refractivity contribution in [1.82, 2.24) is 5.32 Å². The van der Waals surface area contributed by atoms with Gasteiger partial charge in [0.2, 0.25) is 0 Å². The summed E-state index contributed by atoms with van der Waals surface area (Å²) in [6, 6.07) is 26.7. The average molecular weight is 346 g/mol. The van der Waals surface area contributed by atoms with E-state index in [4.69, 9.17) is 4.74 Å². The molecule has 0 aliphatic rings. The van der Waals surface area contributed by atoms with Gasteiger partial charge in [-0.3, -0.25) is 0 Å². The molecule has 0 aromatic heterocycles. The molecule has 0 heterocycles. The monoisotopic (exact) mass is 346 g/mol. The van der Waals surface area contributed by atoms with E-state index >= 15 is 0 Å². The Bertz CT molecular complexity index is 778. The zero-order valence-electron chi connectivity index (χ0n) is 14.7. The van der Waals surface area contributed by atoms with Gasteiger partial charge in [0.15, 0.2) is 0 Å². The van der Waals surface area contributed by atoms with Crippen LogP contribution in [0.5, 0.6) is 5.75 Å². The highest BCUT2D eigenvalue weighted by atomic mass is 16.5. The number of hydrogen-bond acceptors (Lipinski definition) is 2. The van der Waals surface area contributed by atoms with Gasteiger partial charge >= 0.3 is 6.03 Å². The van der Waals surface area contributed by atoms with Gasteiger partial charge in [-0.1, -0.05) is 60.7 Å². The van der Waals surface area contributed by atoms with E-state index in [1.807, 2.05) is 91.9 Å². The third-order valence-electron chi connectivity index (χ3n) is 3.96. The SMILES string of the molecule is CCOc1ccc(NC(=O)NC(c2ccccc2)c2ccccc2)cc1. The van der Waals surface area contributed by atoms with Gasteiger partial charge in [0, 0.05) is 5.69 Å². The predicted octanol–water partition coefficient (Wildman–Crippen LogP) is 5.00. The first-order valence-electron chi connectivity index (χ1n) is 8.66. The van der Waals surface area contributed by atoms with Gasteiger partial charge in [0.05, 0.1) is 12.6 Å². The van der Waals surface area contributed by atoms with Crippen molar-refractivity contribution in [3.05, 3.63) is 96.1 Å². The van der Waals surface area contributed by atoms with Crippen LogP contribution in [0.2, 0.25) is 0 Å². The average Bonchev–Trinajstić information content (AvgIpc) is 2.69. The second-order valence-electron chi connectivity index (χ2n) is 5.81. The molecule has 3 aromatic carbocycles. The Labute approximate surface area is 153 Å². The zero-order valence-corrected chi connectivity index (χ0v) is 14.7. The molecule has 0 bridgehead atoms. The number of amides is 2. The van der Waals surface area contributed by atoms with Gasteiger partial charge in [-0.05, 0) is 42.3 Å². The number of nitrogens with one attached hydrogen (secondary N) is 2. The van der Waals surface area contributed by atoms with Crippen LogP contribution in [0.4, 0.5) is 10.5 Å². The minimum absolute atomic E-state index is 0.222. The molecule has 26 heavy (non-hydrogen) atoms. The van der Waals surface area contributed by atoms with Crippen molar-refractivity contribution in [2.45, 2.75) is 13.0 Å². The number of carbonyl (C=O) groups is 1. The van der Waals surface area contributed by atoms with E-state index in [0.717, 1.165) is 16.9 Å². The second-order valence-corrected chi connectivity index (χ2v) is 5.81. The van der Waals surface area contributed by atoms with E-state index in [0.29, 0.717) is 12.3 Å². The molecule has 2 amide bonds. The van der Waals surface area contributed by atoms with Crippen molar-refractivity contribution in [2.24, 2.45) is 0 Å². The summed E-state index contributed by atoms with van der Waals surface area (Å²) in [6.07, 6.45) is 0. The van der Waals surface area contributed by atoms with Crippen molar-refractivity contribution in [2.75, 3.05) is 11.9 Å². The summed E-state index contributed by atoms with van der Waals surface area (Å²) in [5.41, 5.74) is 2.77. The Morgan fingerprint density at radius 1 is 0.846 bits per heavy atom. The first-order valence-corrected chi connectivity index (χ1v) is 8.66. The molecule has 0 unspecified atom stereocenters. The van der Waals surface area contributed by atoms with E-state index < -0.39 is 0 Å². The molecule has 0 spiro atoms. The molecule has 2 N–H and O–H groups in total. The molecule has 4 heteroatoms. The van der Waals surface area contributed by atoms with Crippen molar-refractivity contribution in [1.29, 1.82) is 0 Å². The summed E-state index contributed by atoms with van der Waals surface area (Å²) in [4.78, 5) is 12.5. The third-order valence-corrected chi connectivity index (χ3v) is 3.96. The molecule has 0 atom stereocenters. The molecule has 3 aromatic rings. The normalized spacial score (nSPS) is 10.4. The molecule has 0 fully saturated rings. The lowest BCUT2D eigenvalue weighted by Gasteiger charge is -2.20. The molecule has 0 aliphatic carbocycles. The van der Waals surface area contributed by atoms with Gasteiger partial charge in [-0.15, -0.1) is 0 Å². The lowest BCUT2D eigenvalue weighted by molar-refractivity contribution is 0.250.